The average molecular weight is 690 g/mol. The Morgan fingerprint density at radius 2 is 1.00 bits per heavy atom. The molecule has 0 unspecified atom stereocenters. The molecule has 5 heterocycles. The highest BCUT2D eigenvalue weighted by Crippen LogP contribution is 2.23. The summed E-state index contributed by atoms with van der Waals surface area (Å²) in [4.78, 5) is 14.1. The maximum absolute atomic E-state index is 3.55. The normalized spacial score (nSPS) is 13.8. The standard InChI is InChI=1S/C20H13I3N4/c21-18-12-3-1-10(24-12)9-11-2-4-13(25-11)19(22)15-6-8-17(27-15)20(23)16-7-5-14(18)26-16/h1-9,24-27H. The van der Waals surface area contributed by atoms with Gasteiger partial charge in [0.05, 0.1) is 43.9 Å². The van der Waals surface area contributed by atoms with Gasteiger partial charge in [-0.3, -0.25) is 0 Å². The number of rotatable bonds is 0. The van der Waals surface area contributed by atoms with Crippen molar-refractivity contribution in [1.29, 1.82) is 0 Å². The molecule has 0 atom stereocenters. The van der Waals surface area contributed by atoms with Crippen LogP contribution in [0.1, 0.15) is 22.8 Å². The number of hydrogen-bond acceptors (Lipinski definition) is 0. The molecule has 1 aliphatic heterocycles. The van der Waals surface area contributed by atoms with Crippen LogP contribution < -0.4 is 21.4 Å². The SMILES string of the molecule is IC1=c2ccc([nH]2)=Cc2ccc([nH]2)C(I)=c2ccc([nH]2)=C(I)c2ccc1[nH]2. The van der Waals surface area contributed by atoms with Crippen LogP contribution in [0, 0.1) is 0 Å². The fraction of sp³-hybridized carbons (Fsp3) is 0. The van der Waals surface area contributed by atoms with Gasteiger partial charge in [-0.05, 0) is 122 Å². The van der Waals surface area contributed by atoms with Gasteiger partial charge >= 0.3 is 0 Å². The minimum absolute atomic E-state index is 1.07. The number of hydrogen-bond donors (Lipinski definition) is 4. The highest BCUT2D eigenvalue weighted by molar-refractivity contribution is 14.1. The Balaban J connectivity index is 1.88. The lowest BCUT2D eigenvalue weighted by Crippen LogP contribution is -2.13. The summed E-state index contributed by atoms with van der Waals surface area (Å²) < 4.78 is 3.49. The average Bonchev–Trinajstić information content (AvgIpc) is 3.46. The van der Waals surface area contributed by atoms with E-state index in [9.17, 15) is 0 Å². The summed E-state index contributed by atoms with van der Waals surface area (Å²) in [5, 5.41) is 4.39. The summed E-state index contributed by atoms with van der Waals surface area (Å²) >= 11 is 7.18. The van der Waals surface area contributed by atoms with E-state index in [1.54, 1.807) is 0 Å². The molecule has 0 saturated carbocycles. The summed E-state index contributed by atoms with van der Waals surface area (Å²) in [5.74, 6) is 0. The topological polar surface area (TPSA) is 63.2 Å². The molecule has 4 N–H and O–H groups in total. The molecule has 0 radical (unpaired) electrons. The molecule has 0 spiro atoms. The Hall–Kier alpha value is -1.21. The molecule has 0 aliphatic carbocycles. The molecular weight excluding hydrogens is 677 g/mol. The Morgan fingerprint density at radius 1 is 0.481 bits per heavy atom. The lowest BCUT2D eigenvalue weighted by atomic mass is 10.3. The van der Waals surface area contributed by atoms with E-state index in [1.165, 1.54) is 3.58 Å². The summed E-state index contributed by atoms with van der Waals surface area (Å²) in [6.07, 6.45) is 2.13. The number of H-pyrrole nitrogens is 4. The first-order valence-electron chi connectivity index (χ1n) is 8.29. The zero-order chi connectivity index (χ0) is 18.5. The van der Waals surface area contributed by atoms with Gasteiger partial charge in [-0.15, -0.1) is 0 Å². The van der Waals surface area contributed by atoms with Crippen molar-refractivity contribution in [2.24, 2.45) is 0 Å². The monoisotopic (exact) mass is 690 g/mol. The number of fused-ring (bicyclic) bond motifs is 8. The van der Waals surface area contributed by atoms with Crippen molar-refractivity contribution in [2.45, 2.75) is 0 Å². The third-order valence-corrected chi connectivity index (χ3v) is 8.01. The highest BCUT2D eigenvalue weighted by Gasteiger charge is 2.09. The molecule has 7 heteroatoms. The first-order chi connectivity index (χ1) is 13.1. The fourth-order valence-electron chi connectivity index (χ4n) is 3.15. The minimum atomic E-state index is 1.07. The summed E-state index contributed by atoms with van der Waals surface area (Å²) in [7, 11) is 0. The Bertz CT molecular complexity index is 1410. The van der Waals surface area contributed by atoms with E-state index in [4.69, 9.17) is 0 Å². The van der Waals surface area contributed by atoms with Crippen LogP contribution in [0.15, 0.2) is 48.5 Å². The molecule has 8 bridgehead atoms. The number of aromatic amines is 4. The van der Waals surface area contributed by atoms with Crippen molar-refractivity contribution in [2.75, 3.05) is 0 Å². The van der Waals surface area contributed by atoms with Gasteiger partial charge in [0.25, 0.3) is 0 Å². The van der Waals surface area contributed by atoms with Crippen LogP contribution in [0.3, 0.4) is 0 Å². The number of halogens is 3. The van der Waals surface area contributed by atoms with Gasteiger partial charge in [-0.2, -0.15) is 0 Å². The van der Waals surface area contributed by atoms with Gasteiger partial charge < -0.3 is 19.9 Å². The van der Waals surface area contributed by atoms with Crippen molar-refractivity contribution in [3.05, 3.63) is 92.7 Å². The van der Waals surface area contributed by atoms with E-state index in [-0.39, 0.29) is 0 Å². The molecule has 0 aromatic carbocycles. The molecule has 4 nitrogen and oxygen atoms in total. The summed E-state index contributed by atoms with van der Waals surface area (Å²) in [6, 6.07) is 17.0. The molecular formula is C20H13I3N4. The van der Waals surface area contributed by atoms with Crippen LogP contribution >= 0.6 is 67.8 Å². The van der Waals surface area contributed by atoms with Crippen molar-refractivity contribution >= 4 is 84.6 Å². The van der Waals surface area contributed by atoms with Gasteiger partial charge in [0, 0.05) is 11.0 Å². The van der Waals surface area contributed by atoms with Crippen molar-refractivity contribution in [3.8, 4) is 0 Å². The predicted octanol–water partition coefficient (Wildman–Crippen LogP) is 2.92. The maximum Gasteiger partial charge on any atom is 0.0600 e. The predicted molar refractivity (Wildman–Crippen MR) is 135 cm³/mol. The van der Waals surface area contributed by atoms with Crippen LogP contribution in [-0.4, -0.2) is 19.9 Å². The van der Waals surface area contributed by atoms with Crippen molar-refractivity contribution in [3.63, 3.8) is 0 Å². The van der Waals surface area contributed by atoms with E-state index in [0.29, 0.717) is 0 Å². The van der Waals surface area contributed by atoms with Crippen molar-refractivity contribution in [1.82, 2.24) is 19.9 Å². The molecule has 0 saturated heterocycles. The van der Waals surface area contributed by atoms with Crippen LogP contribution in [0.4, 0.5) is 0 Å². The Kier molecular flexibility index (Phi) is 4.63. The lowest BCUT2D eigenvalue weighted by molar-refractivity contribution is 1.23. The summed E-state index contributed by atoms with van der Waals surface area (Å²) in [6.45, 7) is 0. The van der Waals surface area contributed by atoms with Gasteiger partial charge in [0.2, 0.25) is 0 Å². The smallest absolute Gasteiger partial charge is 0.0600 e. The molecule has 0 fully saturated rings. The van der Waals surface area contributed by atoms with E-state index in [1.807, 2.05) is 0 Å². The molecule has 134 valence electrons. The molecule has 4 aromatic rings. The van der Waals surface area contributed by atoms with Gasteiger partial charge in [0.1, 0.15) is 0 Å². The molecule has 27 heavy (non-hydrogen) atoms. The molecule has 1 aliphatic rings. The molecule has 5 rings (SSSR count). The largest absolute Gasteiger partial charge is 0.355 e. The highest BCUT2D eigenvalue weighted by atomic mass is 127. The summed E-state index contributed by atoms with van der Waals surface area (Å²) in [5.41, 5.74) is 4.39. The zero-order valence-electron chi connectivity index (χ0n) is 13.8. The van der Waals surface area contributed by atoms with Gasteiger partial charge in [-0.1, -0.05) is 0 Å². The second-order valence-electron chi connectivity index (χ2n) is 6.31. The molecule has 4 aromatic heterocycles. The third kappa shape index (κ3) is 3.27. The Morgan fingerprint density at radius 3 is 1.67 bits per heavy atom. The van der Waals surface area contributed by atoms with E-state index < -0.39 is 0 Å². The van der Waals surface area contributed by atoms with E-state index in [2.05, 4.69) is 142 Å². The van der Waals surface area contributed by atoms with Gasteiger partial charge in [-0.25, -0.2) is 0 Å². The van der Waals surface area contributed by atoms with E-state index >= 15 is 0 Å². The Labute approximate surface area is 195 Å². The van der Waals surface area contributed by atoms with Crippen LogP contribution in [0.5, 0.6) is 0 Å². The van der Waals surface area contributed by atoms with Crippen molar-refractivity contribution < 1.29 is 0 Å². The van der Waals surface area contributed by atoms with E-state index in [0.717, 1.165) is 51.3 Å². The zero-order valence-corrected chi connectivity index (χ0v) is 20.3. The fourth-order valence-corrected chi connectivity index (χ4v) is 5.04. The number of nitrogens with one attached hydrogen (secondary N) is 4. The minimum Gasteiger partial charge on any atom is -0.355 e. The quantitative estimate of drug-likeness (QED) is 0.206. The second kappa shape index (κ2) is 6.99. The number of aromatic nitrogens is 4. The third-order valence-electron chi connectivity index (χ3n) is 4.52. The first-order valence-corrected chi connectivity index (χ1v) is 11.5. The molecule has 0 amide bonds. The van der Waals surface area contributed by atoms with Crippen LogP contribution in [0.25, 0.3) is 16.8 Å². The maximum atomic E-state index is 3.55. The second-order valence-corrected chi connectivity index (χ2v) is 9.55. The first kappa shape index (κ1) is 17.9. The van der Waals surface area contributed by atoms with Crippen LogP contribution in [-0.2, 0) is 0 Å². The van der Waals surface area contributed by atoms with Gasteiger partial charge in [0.15, 0.2) is 0 Å². The lowest BCUT2D eigenvalue weighted by Gasteiger charge is -1.97. The van der Waals surface area contributed by atoms with Crippen LogP contribution in [0.2, 0.25) is 0 Å².